The summed E-state index contributed by atoms with van der Waals surface area (Å²) in [7, 11) is 1.77. The number of rotatable bonds is 8. The van der Waals surface area contributed by atoms with Crippen molar-refractivity contribution in [1.82, 2.24) is 15.3 Å². The normalized spacial score (nSPS) is 13.3. The van der Waals surface area contributed by atoms with E-state index in [-0.39, 0.29) is 23.7 Å². The van der Waals surface area contributed by atoms with E-state index in [1.54, 1.807) is 7.05 Å². The van der Waals surface area contributed by atoms with Crippen LogP contribution in [0.5, 0.6) is 0 Å². The van der Waals surface area contributed by atoms with Crippen molar-refractivity contribution in [3.8, 4) is 0 Å². The van der Waals surface area contributed by atoms with Gasteiger partial charge in [-0.3, -0.25) is 9.59 Å². The molecule has 0 bridgehead atoms. The number of aromatic nitrogens is 2. The molecule has 1 aromatic heterocycles. The second kappa shape index (κ2) is 9.05. The van der Waals surface area contributed by atoms with Crippen LogP contribution in [0.25, 0.3) is 0 Å². The molecule has 1 aliphatic rings. The third-order valence-electron chi connectivity index (χ3n) is 4.68. The Bertz CT molecular complexity index is 892. The highest BCUT2D eigenvalue weighted by atomic mass is 16.2. The van der Waals surface area contributed by atoms with Crippen LogP contribution in [0.4, 0.5) is 23.3 Å². The molecule has 1 aromatic carbocycles. The lowest BCUT2D eigenvalue weighted by atomic mass is 9.99. The van der Waals surface area contributed by atoms with Crippen molar-refractivity contribution >= 4 is 35.1 Å². The Morgan fingerprint density at radius 2 is 2.00 bits per heavy atom. The number of nitrogens with zero attached hydrogens (tertiary/aromatic N) is 3. The number of carbonyl (C=O) groups is 2. The Morgan fingerprint density at radius 3 is 2.66 bits per heavy atom. The largest absolute Gasteiger partial charge is 0.373 e. The van der Waals surface area contributed by atoms with Crippen LogP contribution in [0.1, 0.15) is 5.56 Å². The van der Waals surface area contributed by atoms with Gasteiger partial charge in [-0.05, 0) is 30.2 Å². The first-order valence-corrected chi connectivity index (χ1v) is 9.36. The fraction of sp³-hybridized carbons (Fsp3) is 0.300. The zero-order valence-electron chi connectivity index (χ0n) is 16.3. The van der Waals surface area contributed by atoms with E-state index in [1.165, 1.54) is 6.08 Å². The number of nitrogens with two attached hydrogens (primary N) is 1. The summed E-state index contributed by atoms with van der Waals surface area (Å²) in [5.41, 5.74) is 7.50. The summed E-state index contributed by atoms with van der Waals surface area (Å²) in [6.45, 7) is 5.18. The molecular formula is C20H25N7O2. The predicted molar refractivity (Wildman–Crippen MR) is 114 cm³/mol. The number of benzene rings is 1. The minimum absolute atomic E-state index is 0.0342. The highest BCUT2D eigenvalue weighted by Crippen LogP contribution is 2.25. The summed E-state index contributed by atoms with van der Waals surface area (Å²) in [5, 5.41) is 8.62. The summed E-state index contributed by atoms with van der Waals surface area (Å²) in [5.74, 6) is 1.29. The summed E-state index contributed by atoms with van der Waals surface area (Å²) < 4.78 is 0. The molecule has 152 valence electrons. The molecule has 29 heavy (non-hydrogen) atoms. The molecule has 0 spiro atoms. The fourth-order valence-electron chi connectivity index (χ4n) is 3.00. The summed E-state index contributed by atoms with van der Waals surface area (Å²) >= 11 is 0. The van der Waals surface area contributed by atoms with Crippen molar-refractivity contribution in [3.05, 3.63) is 48.6 Å². The highest BCUT2D eigenvalue weighted by Gasteiger charge is 2.33. The van der Waals surface area contributed by atoms with Crippen molar-refractivity contribution in [2.75, 3.05) is 47.9 Å². The van der Waals surface area contributed by atoms with E-state index in [0.29, 0.717) is 37.6 Å². The predicted octanol–water partition coefficient (Wildman–Crippen LogP) is 1.02. The van der Waals surface area contributed by atoms with Crippen LogP contribution in [0.2, 0.25) is 0 Å². The van der Waals surface area contributed by atoms with E-state index in [9.17, 15) is 9.59 Å². The molecule has 0 radical (unpaired) electrons. The van der Waals surface area contributed by atoms with Crippen LogP contribution in [0, 0.1) is 5.92 Å². The molecule has 9 heteroatoms. The lowest BCUT2D eigenvalue weighted by molar-refractivity contribution is -0.125. The maximum absolute atomic E-state index is 12.3. The lowest BCUT2D eigenvalue weighted by Crippen LogP contribution is -2.54. The van der Waals surface area contributed by atoms with Gasteiger partial charge in [0.2, 0.25) is 17.8 Å². The molecule has 1 saturated heterocycles. The first-order chi connectivity index (χ1) is 14.0. The molecule has 2 heterocycles. The van der Waals surface area contributed by atoms with Gasteiger partial charge in [0.1, 0.15) is 11.6 Å². The molecular weight excluding hydrogens is 370 g/mol. The van der Waals surface area contributed by atoms with E-state index in [4.69, 9.17) is 5.73 Å². The summed E-state index contributed by atoms with van der Waals surface area (Å²) in [6, 6.07) is 9.32. The van der Waals surface area contributed by atoms with Gasteiger partial charge in [-0.2, -0.15) is 9.97 Å². The topological polar surface area (TPSA) is 125 Å². The molecule has 0 aliphatic carbocycles. The first-order valence-electron chi connectivity index (χ1n) is 9.36. The quantitative estimate of drug-likeness (QED) is 0.492. The monoisotopic (exact) mass is 395 g/mol. The first kappa shape index (κ1) is 20.1. The van der Waals surface area contributed by atoms with Gasteiger partial charge in [-0.25, -0.2) is 0 Å². The highest BCUT2D eigenvalue weighted by molar-refractivity contribution is 5.98. The molecule has 0 unspecified atom stereocenters. The van der Waals surface area contributed by atoms with Crippen molar-refractivity contribution in [3.63, 3.8) is 0 Å². The van der Waals surface area contributed by atoms with Crippen molar-refractivity contribution < 1.29 is 9.59 Å². The van der Waals surface area contributed by atoms with Crippen LogP contribution < -0.4 is 26.6 Å². The molecule has 3 rings (SSSR count). The fourth-order valence-corrected chi connectivity index (χ4v) is 3.00. The average Bonchev–Trinajstić information content (AvgIpc) is 2.67. The SMILES string of the molecule is C=CC(=O)Nc1ccc(CCNC(=O)C2CN(c3cc(NC)nc(N)n3)C2)cc1. The van der Waals surface area contributed by atoms with E-state index >= 15 is 0 Å². The zero-order chi connectivity index (χ0) is 20.8. The van der Waals surface area contributed by atoms with Gasteiger partial charge in [-0.15, -0.1) is 0 Å². The van der Waals surface area contributed by atoms with Gasteiger partial charge < -0.3 is 26.6 Å². The third-order valence-corrected chi connectivity index (χ3v) is 4.68. The van der Waals surface area contributed by atoms with E-state index in [0.717, 1.165) is 11.4 Å². The van der Waals surface area contributed by atoms with Gasteiger partial charge in [0.05, 0.1) is 5.92 Å². The molecule has 0 saturated carbocycles. The van der Waals surface area contributed by atoms with Crippen LogP contribution in [0.3, 0.4) is 0 Å². The van der Waals surface area contributed by atoms with Crippen molar-refractivity contribution in [2.45, 2.75) is 6.42 Å². The third kappa shape index (κ3) is 5.22. The van der Waals surface area contributed by atoms with Crippen LogP contribution in [-0.2, 0) is 16.0 Å². The Labute approximate surface area is 169 Å². The Morgan fingerprint density at radius 1 is 1.28 bits per heavy atom. The number of hydrogen-bond donors (Lipinski definition) is 4. The average molecular weight is 395 g/mol. The van der Waals surface area contributed by atoms with E-state index in [1.807, 2.05) is 35.2 Å². The molecule has 9 nitrogen and oxygen atoms in total. The smallest absolute Gasteiger partial charge is 0.247 e. The number of hydrogen-bond acceptors (Lipinski definition) is 7. The Hall–Kier alpha value is -3.62. The maximum Gasteiger partial charge on any atom is 0.247 e. The summed E-state index contributed by atoms with van der Waals surface area (Å²) in [4.78, 5) is 33.9. The molecule has 5 N–H and O–H groups in total. The maximum atomic E-state index is 12.3. The minimum Gasteiger partial charge on any atom is -0.373 e. The van der Waals surface area contributed by atoms with Gasteiger partial charge in [-0.1, -0.05) is 18.7 Å². The molecule has 1 fully saturated rings. The minimum atomic E-state index is -0.244. The van der Waals surface area contributed by atoms with Crippen LogP contribution in [-0.4, -0.2) is 48.5 Å². The van der Waals surface area contributed by atoms with Crippen LogP contribution in [0.15, 0.2) is 43.0 Å². The van der Waals surface area contributed by atoms with E-state index < -0.39 is 0 Å². The van der Waals surface area contributed by atoms with Gasteiger partial charge in [0.25, 0.3) is 0 Å². The lowest BCUT2D eigenvalue weighted by Gasteiger charge is -2.39. The van der Waals surface area contributed by atoms with Crippen molar-refractivity contribution in [1.29, 1.82) is 0 Å². The number of nitrogen functional groups attached to an aromatic ring is 1. The van der Waals surface area contributed by atoms with Crippen molar-refractivity contribution in [2.24, 2.45) is 5.92 Å². The summed E-state index contributed by atoms with van der Waals surface area (Å²) in [6.07, 6.45) is 1.94. The number of anilines is 4. The second-order valence-corrected chi connectivity index (χ2v) is 6.75. The van der Waals surface area contributed by atoms with Gasteiger partial charge >= 0.3 is 0 Å². The van der Waals surface area contributed by atoms with Gasteiger partial charge in [0.15, 0.2) is 0 Å². The standard InChI is InChI=1S/C20H25N7O2/c1-3-18(28)24-15-6-4-13(5-7-15)8-9-23-19(29)14-11-27(12-14)17-10-16(22-2)25-20(21)26-17/h3-7,10,14H,1,8-9,11-12H2,2H3,(H,23,29)(H,24,28)(H3,21,22,25,26). The van der Waals surface area contributed by atoms with E-state index in [2.05, 4.69) is 32.5 Å². The van der Waals surface area contributed by atoms with Gasteiger partial charge in [0, 0.05) is 38.4 Å². The molecule has 2 amide bonds. The molecule has 1 aliphatic heterocycles. The Balaban J connectivity index is 1.41. The second-order valence-electron chi connectivity index (χ2n) is 6.75. The molecule has 0 atom stereocenters. The van der Waals surface area contributed by atoms with Crippen LogP contribution >= 0.6 is 0 Å². The Kier molecular flexibility index (Phi) is 6.28. The number of amides is 2. The zero-order valence-corrected chi connectivity index (χ0v) is 16.3. The number of nitrogens with one attached hydrogen (secondary N) is 3. The molecule has 2 aromatic rings. The number of carbonyl (C=O) groups excluding carboxylic acids is 2.